The van der Waals surface area contributed by atoms with Crippen molar-refractivity contribution in [2.24, 2.45) is 17.3 Å². The van der Waals surface area contributed by atoms with Gasteiger partial charge in [0, 0.05) is 0 Å². The molecule has 0 aliphatic heterocycles. The van der Waals surface area contributed by atoms with Crippen LogP contribution in [0.5, 0.6) is 0 Å². The molecule has 0 spiro atoms. The van der Waals surface area contributed by atoms with Crippen molar-refractivity contribution in [2.75, 3.05) is 0 Å². The van der Waals surface area contributed by atoms with E-state index in [4.69, 9.17) is 0 Å². The molecular weight excluding hydrogens is 247 g/mol. The van der Waals surface area contributed by atoms with Gasteiger partial charge in [0.15, 0.2) is 0 Å². The van der Waals surface area contributed by atoms with E-state index in [0.717, 1.165) is 18.4 Å². The lowest BCUT2D eigenvalue weighted by Crippen LogP contribution is -1.99. The van der Waals surface area contributed by atoms with Gasteiger partial charge in [0.25, 0.3) is 0 Å². The van der Waals surface area contributed by atoms with Gasteiger partial charge in [-0.3, -0.25) is 0 Å². The smallest absolute Gasteiger partial charge is 0.125 e. The van der Waals surface area contributed by atoms with E-state index in [0.29, 0.717) is 22.8 Å². The van der Waals surface area contributed by atoms with Crippen LogP contribution in [0.4, 0.5) is 4.39 Å². The molecule has 0 aliphatic carbocycles. The van der Waals surface area contributed by atoms with Gasteiger partial charge in [-0.25, -0.2) is 4.39 Å². The fourth-order valence-electron chi connectivity index (χ4n) is 1.20. The molecule has 20 heavy (non-hydrogen) atoms. The molecule has 0 rings (SSSR count). The second-order valence-electron chi connectivity index (χ2n) is 7.72. The summed E-state index contributed by atoms with van der Waals surface area (Å²) < 4.78 is 13.2. The Kier molecular flexibility index (Phi) is 10.7. The van der Waals surface area contributed by atoms with Crippen LogP contribution < -0.4 is 0 Å². The zero-order valence-electron chi connectivity index (χ0n) is 14.9. The van der Waals surface area contributed by atoms with E-state index in [1.54, 1.807) is 6.92 Å². The van der Waals surface area contributed by atoms with E-state index in [2.05, 4.69) is 61.6 Å². The van der Waals surface area contributed by atoms with Crippen LogP contribution in [0.1, 0.15) is 68.2 Å². The van der Waals surface area contributed by atoms with Gasteiger partial charge in [-0.2, -0.15) is 0 Å². The maximum absolute atomic E-state index is 13.2. The van der Waals surface area contributed by atoms with E-state index in [1.165, 1.54) is 6.08 Å². The third-order valence-electron chi connectivity index (χ3n) is 2.53. The summed E-state index contributed by atoms with van der Waals surface area (Å²) in [4.78, 5) is 0. The summed E-state index contributed by atoms with van der Waals surface area (Å²) >= 11 is 0. The predicted molar refractivity (Wildman–Crippen MR) is 91.5 cm³/mol. The molecule has 1 unspecified atom stereocenters. The molecule has 0 radical (unpaired) electrons. The summed E-state index contributed by atoms with van der Waals surface area (Å²) in [5.41, 5.74) is 1.82. The van der Waals surface area contributed by atoms with Crippen molar-refractivity contribution in [1.82, 2.24) is 0 Å². The molecule has 0 aliphatic rings. The molecule has 0 nitrogen and oxygen atoms in total. The highest BCUT2D eigenvalue weighted by Crippen LogP contribution is 2.22. The second-order valence-corrected chi connectivity index (χ2v) is 7.72. The molecule has 0 bridgehead atoms. The van der Waals surface area contributed by atoms with Gasteiger partial charge in [0.2, 0.25) is 0 Å². The predicted octanol–water partition coefficient (Wildman–Crippen LogP) is 7.10. The molecule has 0 aromatic rings. The Morgan fingerprint density at radius 1 is 1.05 bits per heavy atom. The lowest BCUT2D eigenvalue weighted by Gasteiger charge is -2.13. The van der Waals surface area contributed by atoms with Crippen molar-refractivity contribution < 1.29 is 4.39 Å². The van der Waals surface area contributed by atoms with E-state index in [1.807, 2.05) is 0 Å². The highest BCUT2D eigenvalue weighted by Gasteiger charge is 2.07. The Hall–Kier alpha value is -0.850. The summed E-state index contributed by atoms with van der Waals surface area (Å²) in [5, 5.41) is 0. The van der Waals surface area contributed by atoms with Gasteiger partial charge < -0.3 is 0 Å². The largest absolute Gasteiger partial charge is 0.207 e. The molecule has 1 atom stereocenters. The fraction of sp³-hybridized carbons (Fsp3) is 0.684. The minimum atomic E-state index is -0.253. The van der Waals surface area contributed by atoms with Crippen molar-refractivity contribution in [2.45, 2.75) is 68.2 Å². The molecule has 0 aromatic heterocycles. The average molecular weight is 282 g/mol. The fourth-order valence-corrected chi connectivity index (χ4v) is 1.20. The summed E-state index contributed by atoms with van der Waals surface area (Å²) in [7, 11) is 0. The maximum atomic E-state index is 13.2. The molecule has 118 valence electrons. The molecule has 0 N–H and O–H groups in total. The third-order valence-corrected chi connectivity index (χ3v) is 2.53. The van der Waals surface area contributed by atoms with E-state index < -0.39 is 0 Å². The Labute approximate surface area is 126 Å². The first-order chi connectivity index (χ1) is 8.84. The number of halogens is 1. The Morgan fingerprint density at radius 3 is 1.75 bits per heavy atom. The van der Waals surface area contributed by atoms with Crippen LogP contribution in [-0.2, 0) is 0 Å². The van der Waals surface area contributed by atoms with Gasteiger partial charge in [0.1, 0.15) is 5.83 Å². The summed E-state index contributed by atoms with van der Waals surface area (Å²) in [6.07, 6.45) is 3.73. The van der Waals surface area contributed by atoms with Gasteiger partial charge in [-0.15, -0.1) is 0 Å². The van der Waals surface area contributed by atoms with Crippen molar-refractivity contribution in [3.63, 3.8) is 0 Å². The molecule has 0 saturated carbocycles. The summed E-state index contributed by atoms with van der Waals surface area (Å²) in [5.74, 6) is 0.782. The van der Waals surface area contributed by atoms with Crippen LogP contribution in [0.15, 0.2) is 36.2 Å². The third kappa shape index (κ3) is 17.2. The van der Waals surface area contributed by atoms with Crippen molar-refractivity contribution in [3.05, 3.63) is 36.2 Å². The SMILES string of the molecule is C=C(C)/C(F)=C\C(=C)C(C)CCC(C)C.CC(C)(C)C. The van der Waals surface area contributed by atoms with Gasteiger partial charge >= 0.3 is 0 Å². The topological polar surface area (TPSA) is 0 Å². The van der Waals surface area contributed by atoms with E-state index >= 15 is 0 Å². The first kappa shape index (κ1) is 21.4. The van der Waals surface area contributed by atoms with Crippen LogP contribution in [-0.4, -0.2) is 0 Å². The molecule has 1 heteroatoms. The Balaban J connectivity index is 0. The number of hydrogen-bond donors (Lipinski definition) is 0. The second kappa shape index (κ2) is 9.96. The Bertz CT molecular complexity index is 320. The van der Waals surface area contributed by atoms with Crippen LogP contribution in [0.3, 0.4) is 0 Å². The molecular formula is C19H35F. The zero-order chi connectivity index (χ0) is 16.5. The van der Waals surface area contributed by atoms with Crippen LogP contribution in [0, 0.1) is 17.3 Å². The van der Waals surface area contributed by atoms with Crippen LogP contribution in [0.25, 0.3) is 0 Å². The van der Waals surface area contributed by atoms with Crippen molar-refractivity contribution in [3.8, 4) is 0 Å². The van der Waals surface area contributed by atoms with Gasteiger partial charge in [-0.1, -0.05) is 68.0 Å². The van der Waals surface area contributed by atoms with Crippen LogP contribution >= 0.6 is 0 Å². The average Bonchev–Trinajstić information content (AvgIpc) is 2.22. The number of allylic oxidation sites excluding steroid dienone is 4. The maximum Gasteiger partial charge on any atom is 0.125 e. The normalized spacial score (nSPS) is 13.6. The first-order valence-corrected chi connectivity index (χ1v) is 7.56. The molecule has 0 aromatic carbocycles. The van der Waals surface area contributed by atoms with Crippen molar-refractivity contribution >= 4 is 0 Å². The summed E-state index contributed by atoms with van der Waals surface area (Å²) in [6, 6.07) is 0. The first-order valence-electron chi connectivity index (χ1n) is 7.56. The van der Waals surface area contributed by atoms with E-state index in [9.17, 15) is 4.39 Å². The zero-order valence-corrected chi connectivity index (χ0v) is 14.9. The highest BCUT2D eigenvalue weighted by atomic mass is 19.1. The lowest BCUT2D eigenvalue weighted by atomic mass is 9.93. The summed E-state index contributed by atoms with van der Waals surface area (Å²) in [6.45, 7) is 24.3. The van der Waals surface area contributed by atoms with Crippen molar-refractivity contribution in [1.29, 1.82) is 0 Å². The minimum Gasteiger partial charge on any atom is -0.207 e. The quantitative estimate of drug-likeness (QED) is 0.456. The molecule has 0 saturated heterocycles. The highest BCUT2D eigenvalue weighted by molar-refractivity contribution is 5.29. The molecule has 0 fully saturated rings. The lowest BCUT2D eigenvalue weighted by molar-refractivity contribution is 0.469. The Morgan fingerprint density at radius 2 is 1.45 bits per heavy atom. The monoisotopic (exact) mass is 282 g/mol. The number of rotatable bonds is 6. The van der Waals surface area contributed by atoms with Gasteiger partial charge in [-0.05, 0) is 47.8 Å². The van der Waals surface area contributed by atoms with Gasteiger partial charge in [0.05, 0.1) is 0 Å². The molecule has 0 amide bonds. The molecule has 0 heterocycles. The van der Waals surface area contributed by atoms with E-state index in [-0.39, 0.29) is 5.83 Å². The minimum absolute atomic E-state index is 0.253. The number of hydrogen-bond acceptors (Lipinski definition) is 0. The van der Waals surface area contributed by atoms with Crippen LogP contribution in [0.2, 0.25) is 0 Å². The standard InChI is InChI=1S/C14H23F.C5H12/c1-10(2)7-8-12(5)13(6)9-14(15)11(3)4;1-5(2,3)4/h9-10,12H,3,6-8H2,1-2,4-5H3;1-4H3/b14-9+;.